The van der Waals surface area contributed by atoms with Crippen LogP contribution in [-0.2, 0) is 0 Å². The van der Waals surface area contributed by atoms with Gasteiger partial charge in [0.15, 0.2) is 0 Å². The van der Waals surface area contributed by atoms with Gasteiger partial charge in [-0.25, -0.2) is 5.43 Å². The molecular weight excluding hydrogens is 327 g/mol. The van der Waals surface area contributed by atoms with Gasteiger partial charge in [0.05, 0.1) is 16.3 Å². The molecule has 0 saturated carbocycles. The normalized spacial score (nSPS) is 10.8. The highest BCUT2D eigenvalue weighted by Gasteiger charge is 2.06. The third-order valence-corrected chi connectivity index (χ3v) is 4.16. The number of halogens is 2. The van der Waals surface area contributed by atoms with Crippen molar-refractivity contribution in [1.29, 1.82) is 0 Å². The fourth-order valence-corrected chi connectivity index (χ4v) is 2.26. The largest absolute Gasteiger partial charge is 0.271 e. The Morgan fingerprint density at radius 1 is 1.14 bits per heavy atom. The summed E-state index contributed by atoms with van der Waals surface area (Å²) in [4.78, 5) is 13.0. The van der Waals surface area contributed by atoms with E-state index in [0.717, 1.165) is 5.56 Å². The van der Waals surface area contributed by atoms with Crippen LogP contribution < -0.4 is 5.43 Å². The number of carbonyl (C=O) groups excluding carboxylic acids is 1. The van der Waals surface area contributed by atoms with Gasteiger partial charge >= 0.3 is 0 Å². The van der Waals surface area contributed by atoms with Crippen LogP contribution in [0.15, 0.2) is 52.5 Å². The first kappa shape index (κ1) is 15.9. The second kappa shape index (κ2) is 7.50. The molecule has 108 valence electrons. The van der Waals surface area contributed by atoms with Crippen LogP contribution in [0.25, 0.3) is 0 Å². The van der Waals surface area contributed by atoms with Gasteiger partial charge in [-0.15, -0.1) is 11.8 Å². The first-order valence-corrected chi connectivity index (χ1v) is 8.01. The summed E-state index contributed by atoms with van der Waals surface area (Å²) >= 11 is 13.3. The minimum absolute atomic E-state index is 0.334. The van der Waals surface area contributed by atoms with Crippen molar-refractivity contribution in [2.75, 3.05) is 6.26 Å². The smallest absolute Gasteiger partial charge is 0.267 e. The molecule has 0 aliphatic carbocycles. The SMILES string of the molecule is CSc1ccc(/C=N\NC(=O)c2ccc(Cl)c(Cl)c2)cc1. The van der Waals surface area contributed by atoms with Gasteiger partial charge in [-0.2, -0.15) is 5.10 Å². The van der Waals surface area contributed by atoms with Crippen LogP contribution in [0.4, 0.5) is 0 Å². The van der Waals surface area contributed by atoms with E-state index in [1.807, 2.05) is 30.5 Å². The Kier molecular flexibility index (Phi) is 5.67. The van der Waals surface area contributed by atoms with Gasteiger partial charge in [-0.3, -0.25) is 4.79 Å². The van der Waals surface area contributed by atoms with Crippen molar-refractivity contribution in [2.45, 2.75) is 4.90 Å². The second-order valence-electron chi connectivity index (χ2n) is 4.10. The summed E-state index contributed by atoms with van der Waals surface area (Å²) in [6.45, 7) is 0. The van der Waals surface area contributed by atoms with Crippen molar-refractivity contribution in [2.24, 2.45) is 5.10 Å². The molecule has 0 bridgehead atoms. The standard InChI is InChI=1S/C15H12Cl2N2OS/c1-21-12-5-2-10(3-6-12)9-18-19-15(20)11-4-7-13(16)14(17)8-11/h2-9H,1H3,(H,19,20)/b18-9-. The summed E-state index contributed by atoms with van der Waals surface area (Å²) in [5.41, 5.74) is 3.75. The highest BCUT2D eigenvalue weighted by molar-refractivity contribution is 7.98. The maximum Gasteiger partial charge on any atom is 0.271 e. The minimum Gasteiger partial charge on any atom is -0.267 e. The number of nitrogens with one attached hydrogen (secondary N) is 1. The van der Waals surface area contributed by atoms with Crippen LogP contribution in [0.5, 0.6) is 0 Å². The Hall–Kier alpha value is -1.49. The van der Waals surface area contributed by atoms with Crippen LogP contribution >= 0.6 is 35.0 Å². The van der Waals surface area contributed by atoms with Crippen LogP contribution in [0.2, 0.25) is 10.0 Å². The van der Waals surface area contributed by atoms with E-state index in [4.69, 9.17) is 23.2 Å². The van der Waals surface area contributed by atoms with Crippen molar-refractivity contribution >= 4 is 47.1 Å². The molecule has 3 nitrogen and oxygen atoms in total. The third-order valence-electron chi connectivity index (χ3n) is 2.68. The molecule has 2 rings (SSSR count). The lowest BCUT2D eigenvalue weighted by molar-refractivity contribution is 0.0955. The molecule has 21 heavy (non-hydrogen) atoms. The molecule has 0 aromatic heterocycles. The number of amides is 1. The lowest BCUT2D eigenvalue weighted by Crippen LogP contribution is -2.17. The number of thioether (sulfide) groups is 1. The molecule has 2 aromatic rings. The van der Waals surface area contributed by atoms with Crippen LogP contribution in [0.1, 0.15) is 15.9 Å². The molecule has 0 atom stereocenters. The fraction of sp³-hybridized carbons (Fsp3) is 0.0667. The summed E-state index contributed by atoms with van der Waals surface area (Å²) in [6, 6.07) is 12.5. The Bertz CT molecular complexity index is 672. The zero-order chi connectivity index (χ0) is 15.2. The van der Waals surface area contributed by atoms with E-state index in [2.05, 4.69) is 10.5 Å². The molecule has 1 amide bonds. The molecule has 0 aliphatic rings. The molecule has 6 heteroatoms. The van der Waals surface area contributed by atoms with E-state index >= 15 is 0 Å². The van der Waals surface area contributed by atoms with E-state index in [0.29, 0.717) is 15.6 Å². The van der Waals surface area contributed by atoms with Crippen molar-refractivity contribution < 1.29 is 4.79 Å². The Morgan fingerprint density at radius 2 is 1.86 bits per heavy atom. The van der Waals surface area contributed by atoms with Gasteiger partial charge in [-0.05, 0) is 42.2 Å². The van der Waals surface area contributed by atoms with Gasteiger partial charge in [0.2, 0.25) is 0 Å². The summed E-state index contributed by atoms with van der Waals surface area (Å²) in [5, 5.41) is 4.66. The predicted molar refractivity (Wildman–Crippen MR) is 89.7 cm³/mol. The van der Waals surface area contributed by atoms with Crippen LogP contribution in [0, 0.1) is 0 Å². The molecule has 0 spiro atoms. The Balaban J connectivity index is 1.99. The average Bonchev–Trinajstić information content (AvgIpc) is 2.50. The molecule has 0 saturated heterocycles. The van der Waals surface area contributed by atoms with Gasteiger partial charge < -0.3 is 0 Å². The molecular formula is C15H12Cl2N2OS. The first-order chi connectivity index (χ1) is 10.1. The first-order valence-electron chi connectivity index (χ1n) is 6.02. The summed E-state index contributed by atoms with van der Waals surface area (Å²) in [7, 11) is 0. The van der Waals surface area contributed by atoms with Crippen molar-refractivity contribution in [3.05, 3.63) is 63.6 Å². The lowest BCUT2D eigenvalue weighted by atomic mass is 10.2. The number of rotatable bonds is 4. The van der Waals surface area contributed by atoms with Crippen LogP contribution in [-0.4, -0.2) is 18.4 Å². The summed E-state index contributed by atoms with van der Waals surface area (Å²) in [5.74, 6) is -0.342. The summed E-state index contributed by atoms with van der Waals surface area (Å²) in [6.07, 6.45) is 3.60. The highest BCUT2D eigenvalue weighted by atomic mass is 35.5. The van der Waals surface area contributed by atoms with E-state index in [9.17, 15) is 4.79 Å². The quantitative estimate of drug-likeness (QED) is 0.507. The molecule has 0 radical (unpaired) electrons. The average molecular weight is 339 g/mol. The zero-order valence-corrected chi connectivity index (χ0v) is 13.5. The maximum atomic E-state index is 11.9. The number of nitrogens with zero attached hydrogens (tertiary/aromatic N) is 1. The second-order valence-corrected chi connectivity index (χ2v) is 5.80. The number of hydrogen-bond acceptors (Lipinski definition) is 3. The Morgan fingerprint density at radius 3 is 2.48 bits per heavy atom. The molecule has 1 N–H and O–H groups in total. The summed E-state index contributed by atoms with van der Waals surface area (Å²) < 4.78 is 0. The lowest BCUT2D eigenvalue weighted by Gasteiger charge is -2.02. The molecule has 2 aromatic carbocycles. The zero-order valence-electron chi connectivity index (χ0n) is 11.1. The Labute approximate surface area is 137 Å². The molecule has 0 unspecified atom stereocenters. The third kappa shape index (κ3) is 4.49. The topological polar surface area (TPSA) is 41.5 Å². The minimum atomic E-state index is -0.342. The fourth-order valence-electron chi connectivity index (χ4n) is 1.56. The molecule has 0 aliphatic heterocycles. The van der Waals surface area contributed by atoms with E-state index in [-0.39, 0.29) is 5.91 Å². The van der Waals surface area contributed by atoms with Crippen molar-refractivity contribution in [1.82, 2.24) is 5.43 Å². The van der Waals surface area contributed by atoms with Gasteiger partial charge in [0, 0.05) is 10.5 Å². The number of hydrazone groups is 1. The van der Waals surface area contributed by atoms with Crippen LogP contribution in [0.3, 0.4) is 0 Å². The van der Waals surface area contributed by atoms with Crippen molar-refractivity contribution in [3.63, 3.8) is 0 Å². The maximum absolute atomic E-state index is 11.9. The predicted octanol–water partition coefficient (Wildman–Crippen LogP) is 4.48. The number of benzene rings is 2. The number of carbonyl (C=O) groups is 1. The van der Waals surface area contributed by atoms with Crippen molar-refractivity contribution in [3.8, 4) is 0 Å². The van der Waals surface area contributed by atoms with Gasteiger partial charge in [-0.1, -0.05) is 35.3 Å². The van der Waals surface area contributed by atoms with E-state index in [1.165, 1.54) is 11.0 Å². The number of hydrogen-bond donors (Lipinski definition) is 1. The van der Waals surface area contributed by atoms with Gasteiger partial charge in [0.25, 0.3) is 5.91 Å². The van der Waals surface area contributed by atoms with E-state index in [1.54, 1.807) is 30.1 Å². The van der Waals surface area contributed by atoms with Gasteiger partial charge in [0.1, 0.15) is 0 Å². The van der Waals surface area contributed by atoms with E-state index < -0.39 is 0 Å². The highest BCUT2D eigenvalue weighted by Crippen LogP contribution is 2.22. The molecule has 0 heterocycles. The monoisotopic (exact) mass is 338 g/mol. The molecule has 0 fully saturated rings.